The van der Waals surface area contributed by atoms with E-state index in [1.165, 1.54) is 30.3 Å². The van der Waals surface area contributed by atoms with Gasteiger partial charge in [-0.1, -0.05) is 0 Å². The maximum atomic E-state index is 14.1. The molecule has 0 saturated heterocycles. The topological polar surface area (TPSA) is 106 Å². The highest BCUT2D eigenvalue weighted by Gasteiger charge is 2.19. The number of amidine groups is 2. The van der Waals surface area contributed by atoms with Crippen LogP contribution in [0.5, 0.6) is 0 Å². The molecule has 2 aliphatic rings. The van der Waals surface area contributed by atoms with Gasteiger partial charge in [-0.05, 0) is 61.2 Å². The van der Waals surface area contributed by atoms with E-state index in [-0.39, 0.29) is 40.0 Å². The van der Waals surface area contributed by atoms with Crippen LogP contribution in [0, 0.1) is 5.82 Å². The van der Waals surface area contributed by atoms with E-state index in [1.54, 1.807) is 6.07 Å². The maximum Gasteiger partial charge on any atom is 0.335 e. The fraction of sp³-hybridized carbons (Fsp3) is 0.150. The van der Waals surface area contributed by atoms with E-state index in [4.69, 9.17) is 0 Å². The van der Waals surface area contributed by atoms with Gasteiger partial charge in [0.05, 0.1) is 17.7 Å². The van der Waals surface area contributed by atoms with E-state index in [1.807, 2.05) is 0 Å². The van der Waals surface area contributed by atoms with Crippen molar-refractivity contribution < 1.29 is 23.3 Å². The van der Waals surface area contributed by atoms with Gasteiger partial charge in [-0.25, -0.2) is 9.18 Å². The standard InChI is InChI=1S/C20H16F2N4O3S/c21-15-6-11(17(27)10-2-1-3-10)4-12(7-15)18-23-25-19(26-24-18)13-5-14(20(28)29)9-16(8-13)30-22/h4-9,27H,1-3H2,(H,23,24)(H,25,26)(H,28,29). The first-order valence-corrected chi connectivity index (χ1v) is 9.73. The molecule has 0 amide bonds. The molecule has 0 aromatic heterocycles. The van der Waals surface area contributed by atoms with Gasteiger partial charge < -0.3 is 10.2 Å². The Bertz CT molecular complexity index is 1130. The number of benzene rings is 2. The Balaban J connectivity index is 1.59. The van der Waals surface area contributed by atoms with Crippen molar-refractivity contribution in [1.29, 1.82) is 0 Å². The zero-order valence-corrected chi connectivity index (χ0v) is 16.3. The Morgan fingerprint density at radius 1 is 0.933 bits per heavy atom. The molecule has 7 nitrogen and oxygen atoms in total. The summed E-state index contributed by atoms with van der Waals surface area (Å²) in [7, 11) is 0. The number of aromatic carboxylic acids is 1. The summed E-state index contributed by atoms with van der Waals surface area (Å²) in [4.78, 5) is 11.3. The van der Waals surface area contributed by atoms with E-state index in [0.29, 0.717) is 16.7 Å². The predicted octanol–water partition coefficient (Wildman–Crippen LogP) is 4.17. The second-order valence-corrected chi connectivity index (χ2v) is 7.43. The predicted molar refractivity (Wildman–Crippen MR) is 110 cm³/mol. The van der Waals surface area contributed by atoms with Gasteiger partial charge in [-0.3, -0.25) is 10.9 Å². The fourth-order valence-electron chi connectivity index (χ4n) is 3.09. The lowest BCUT2D eigenvalue weighted by atomic mass is 9.89. The Hall–Kier alpha value is -3.40. The van der Waals surface area contributed by atoms with Crippen LogP contribution in [0.3, 0.4) is 0 Å². The molecule has 0 unspecified atom stereocenters. The largest absolute Gasteiger partial charge is 0.507 e. The van der Waals surface area contributed by atoms with Crippen molar-refractivity contribution in [2.24, 2.45) is 10.2 Å². The van der Waals surface area contributed by atoms with Crippen LogP contribution in [0.25, 0.3) is 5.76 Å². The molecule has 30 heavy (non-hydrogen) atoms. The number of nitrogens with zero attached hydrogens (tertiary/aromatic N) is 2. The number of aliphatic hydroxyl groups is 1. The van der Waals surface area contributed by atoms with Gasteiger partial charge in [-0.15, -0.1) is 0 Å². The van der Waals surface area contributed by atoms with Crippen molar-refractivity contribution in [3.8, 4) is 0 Å². The zero-order valence-electron chi connectivity index (χ0n) is 15.4. The molecule has 0 bridgehead atoms. The summed E-state index contributed by atoms with van der Waals surface area (Å²) in [6, 6.07) is 8.07. The number of allylic oxidation sites excluding steroid dienone is 1. The molecule has 154 valence electrons. The molecule has 1 aliphatic heterocycles. The number of rotatable bonds is 5. The summed E-state index contributed by atoms with van der Waals surface area (Å²) in [5.41, 5.74) is 7.19. The van der Waals surface area contributed by atoms with Gasteiger partial charge in [0.25, 0.3) is 0 Å². The lowest BCUT2D eigenvalue weighted by Gasteiger charge is -2.19. The van der Waals surface area contributed by atoms with Gasteiger partial charge in [-0.2, -0.15) is 14.1 Å². The van der Waals surface area contributed by atoms with Crippen LogP contribution < -0.4 is 10.9 Å². The lowest BCUT2D eigenvalue weighted by molar-refractivity contribution is 0.0696. The van der Waals surface area contributed by atoms with Crippen molar-refractivity contribution in [2.75, 3.05) is 0 Å². The summed E-state index contributed by atoms with van der Waals surface area (Å²) in [6.45, 7) is 0. The lowest BCUT2D eigenvalue weighted by Crippen LogP contribution is -2.34. The fourth-order valence-corrected chi connectivity index (χ4v) is 3.43. The first kappa shape index (κ1) is 19.9. The highest BCUT2D eigenvalue weighted by Crippen LogP contribution is 2.32. The minimum absolute atomic E-state index is 0.0808. The molecule has 1 saturated carbocycles. The number of carboxylic acids is 1. The van der Waals surface area contributed by atoms with Crippen LogP contribution in [0.15, 0.2) is 57.1 Å². The van der Waals surface area contributed by atoms with E-state index < -0.39 is 11.8 Å². The third-order valence-electron chi connectivity index (χ3n) is 4.80. The minimum Gasteiger partial charge on any atom is -0.507 e. The Kier molecular flexibility index (Phi) is 5.40. The van der Waals surface area contributed by atoms with E-state index in [9.17, 15) is 23.3 Å². The molecule has 4 N–H and O–H groups in total. The van der Waals surface area contributed by atoms with Gasteiger partial charge in [0.15, 0.2) is 11.7 Å². The number of hydrazone groups is 2. The van der Waals surface area contributed by atoms with Crippen molar-refractivity contribution >= 4 is 35.5 Å². The Morgan fingerprint density at radius 2 is 1.57 bits per heavy atom. The molecule has 10 heteroatoms. The molecule has 2 aromatic rings. The normalized spacial score (nSPS) is 15.3. The molecule has 0 atom stereocenters. The number of carbonyl (C=O) groups is 1. The highest BCUT2D eigenvalue weighted by molar-refractivity contribution is 7.94. The maximum absolute atomic E-state index is 14.1. The van der Waals surface area contributed by atoms with E-state index in [2.05, 4.69) is 21.1 Å². The number of aliphatic hydroxyl groups excluding tert-OH is 1. The summed E-state index contributed by atoms with van der Waals surface area (Å²) in [5.74, 6) is -1.27. The summed E-state index contributed by atoms with van der Waals surface area (Å²) in [5, 5.41) is 27.7. The van der Waals surface area contributed by atoms with Gasteiger partial charge in [0, 0.05) is 21.6 Å². The Labute approximate surface area is 174 Å². The monoisotopic (exact) mass is 430 g/mol. The molecule has 4 rings (SSSR count). The van der Waals surface area contributed by atoms with Crippen LogP contribution in [-0.4, -0.2) is 27.9 Å². The van der Waals surface area contributed by atoms with Crippen LogP contribution >= 0.6 is 12.1 Å². The number of hydrogen-bond donors (Lipinski definition) is 4. The van der Waals surface area contributed by atoms with E-state index >= 15 is 0 Å². The number of carboxylic acid groups (broad SMARTS) is 1. The number of halogens is 2. The van der Waals surface area contributed by atoms with Gasteiger partial charge in [0.1, 0.15) is 11.6 Å². The number of nitrogens with one attached hydrogen (secondary N) is 2. The first-order valence-electron chi connectivity index (χ1n) is 9.01. The van der Waals surface area contributed by atoms with E-state index in [0.717, 1.165) is 24.8 Å². The first-order chi connectivity index (χ1) is 14.4. The van der Waals surface area contributed by atoms with Crippen molar-refractivity contribution in [1.82, 2.24) is 10.9 Å². The number of hydrogen-bond acceptors (Lipinski definition) is 7. The summed E-state index contributed by atoms with van der Waals surface area (Å²) >= 11 is -0.0813. The van der Waals surface area contributed by atoms with Crippen molar-refractivity contribution in [2.45, 2.75) is 24.2 Å². The molecule has 0 spiro atoms. The van der Waals surface area contributed by atoms with Crippen LogP contribution in [0.4, 0.5) is 8.28 Å². The smallest absolute Gasteiger partial charge is 0.335 e. The van der Waals surface area contributed by atoms with Crippen molar-refractivity contribution in [3.05, 3.63) is 70.0 Å². The quantitative estimate of drug-likeness (QED) is 0.531. The SMILES string of the molecule is O=C(O)c1cc(SF)cc(C2=NNC(c3cc(F)cc(C(O)=C4CCC4)c3)=NN2)c1. The van der Waals surface area contributed by atoms with Crippen molar-refractivity contribution in [3.63, 3.8) is 0 Å². The average molecular weight is 430 g/mol. The molecular formula is C20H16F2N4O3S. The second kappa shape index (κ2) is 8.15. The third-order valence-corrected chi connectivity index (χ3v) is 5.21. The molecule has 1 aliphatic carbocycles. The minimum atomic E-state index is -1.20. The van der Waals surface area contributed by atoms with Gasteiger partial charge >= 0.3 is 5.97 Å². The molecular weight excluding hydrogens is 414 g/mol. The summed E-state index contributed by atoms with van der Waals surface area (Å²) < 4.78 is 27.1. The third kappa shape index (κ3) is 3.99. The van der Waals surface area contributed by atoms with Gasteiger partial charge in [0.2, 0.25) is 0 Å². The highest BCUT2D eigenvalue weighted by atomic mass is 32.2. The molecule has 1 fully saturated rings. The molecule has 2 aromatic carbocycles. The zero-order chi connectivity index (χ0) is 21.3. The Morgan fingerprint density at radius 3 is 2.10 bits per heavy atom. The molecule has 1 heterocycles. The van der Waals surface area contributed by atoms with Crippen LogP contribution in [-0.2, 0) is 0 Å². The molecule has 0 radical (unpaired) electrons. The summed E-state index contributed by atoms with van der Waals surface area (Å²) in [6.07, 6.45) is 2.59. The second-order valence-electron chi connectivity index (χ2n) is 6.81. The van der Waals surface area contributed by atoms with Crippen LogP contribution in [0.2, 0.25) is 0 Å². The van der Waals surface area contributed by atoms with Crippen LogP contribution in [0.1, 0.15) is 46.3 Å². The average Bonchev–Trinajstić information content (AvgIpc) is 2.71.